The number of H-pyrrole nitrogens is 1. The van der Waals surface area contributed by atoms with E-state index in [0.29, 0.717) is 0 Å². The smallest absolute Gasteiger partial charge is 0.208 e. The Morgan fingerprint density at radius 1 is 1.09 bits per heavy atom. The maximum absolute atomic E-state index is 4.55. The van der Waals surface area contributed by atoms with Gasteiger partial charge in [0.2, 0.25) is 5.16 Å². The van der Waals surface area contributed by atoms with Gasteiger partial charge >= 0.3 is 0 Å². The molecular weight excluding hydrogens is 292 g/mol. The summed E-state index contributed by atoms with van der Waals surface area (Å²) in [5.41, 5.74) is 3.64. The second-order valence-corrected chi connectivity index (χ2v) is 6.04. The van der Waals surface area contributed by atoms with Crippen LogP contribution in [0.5, 0.6) is 0 Å². The van der Waals surface area contributed by atoms with Gasteiger partial charge in [-0.25, -0.2) is 4.98 Å². The number of nitrogens with one attached hydrogen (secondary N) is 1. The molecule has 0 spiro atoms. The number of hydrogen-bond donors (Lipinski definition) is 1. The molecule has 0 saturated carbocycles. The molecule has 4 nitrogen and oxygen atoms in total. The Hall–Kier alpha value is -2.14. The van der Waals surface area contributed by atoms with Gasteiger partial charge in [0, 0.05) is 23.7 Å². The van der Waals surface area contributed by atoms with Crippen molar-refractivity contribution in [1.82, 2.24) is 20.2 Å². The lowest BCUT2D eigenvalue weighted by molar-refractivity contribution is 0.970. The summed E-state index contributed by atoms with van der Waals surface area (Å²) in [6, 6.07) is 12.5. The van der Waals surface area contributed by atoms with Crippen molar-refractivity contribution in [3.05, 3.63) is 59.9 Å². The zero-order valence-corrected chi connectivity index (χ0v) is 13.3. The molecule has 3 aromatic rings. The molecule has 0 atom stereocenters. The first-order valence-corrected chi connectivity index (χ1v) is 8.37. The Bertz CT molecular complexity index is 707. The minimum absolute atomic E-state index is 0.790. The molecule has 0 bridgehead atoms. The molecule has 0 saturated heterocycles. The van der Waals surface area contributed by atoms with Crippen molar-refractivity contribution in [3.8, 4) is 11.4 Å². The first kappa shape index (κ1) is 14.8. The topological polar surface area (TPSA) is 54.5 Å². The number of thioether (sulfide) groups is 1. The minimum Gasteiger partial charge on any atom is -0.264 e. The zero-order valence-electron chi connectivity index (χ0n) is 12.5. The number of pyridine rings is 1. The Balaban J connectivity index is 1.58. The number of aromatic amines is 1. The van der Waals surface area contributed by atoms with Crippen molar-refractivity contribution in [2.24, 2.45) is 0 Å². The molecule has 2 heterocycles. The van der Waals surface area contributed by atoms with Crippen LogP contribution in [-0.2, 0) is 12.8 Å². The van der Waals surface area contributed by atoms with E-state index >= 15 is 0 Å². The molecule has 0 aliphatic rings. The van der Waals surface area contributed by atoms with E-state index < -0.39 is 0 Å². The number of nitrogens with zero attached hydrogens (tertiary/aromatic N) is 3. The average Bonchev–Trinajstić information content (AvgIpc) is 3.05. The Morgan fingerprint density at radius 3 is 2.68 bits per heavy atom. The van der Waals surface area contributed by atoms with Gasteiger partial charge in [0.25, 0.3) is 0 Å². The molecule has 0 fully saturated rings. The molecule has 1 N–H and O–H groups in total. The van der Waals surface area contributed by atoms with Crippen molar-refractivity contribution < 1.29 is 0 Å². The fourth-order valence-corrected chi connectivity index (χ4v) is 2.93. The van der Waals surface area contributed by atoms with E-state index in [1.54, 1.807) is 18.0 Å². The third-order valence-electron chi connectivity index (χ3n) is 3.45. The number of aryl methyl sites for hydroxylation is 2. The first-order valence-electron chi connectivity index (χ1n) is 7.38. The van der Waals surface area contributed by atoms with E-state index in [0.717, 1.165) is 35.1 Å². The summed E-state index contributed by atoms with van der Waals surface area (Å²) >= 11 is 1.66. The number of hydrogen-bond acceptors (Lipinski definition) is 4. The van der Waals surface area contributed by atoms with Crippen LogP contribution in [0.2, 0.25) is 0 Å². The second-order valence-electron chi connectivity index (χ2n) is 4.98. The highest BCUT2D eigenvalue weighted by Gasteiger charge is 2.06. The molecular formula is C17H18N4S. The van der Waals surface area contributed by atoms with Crippen molar-refractivity contribution in [3.63, 3.8) is 0 Å². The highest BCUT2D eigenvalue weighted by molar-refractivity contribution is 7.99. The molecule has 1 aromatic carbocycles. The minimum atomic E-state index is 0.790. The highest BCUT2D eigenvalue weighted by atomic mass is 32.2. The molecule has 2 aromatic heterocycles. The van der Waals surface area contributed by atoms with Crippen molar-refractivity contribution in [2.45, 2.75) is 24.9 Å². The number of aromatic nitrogens is 4. The van der Waals surface area contributed by atoms with Gasteiger partial charge in [0.1, 0.15) is 0 Å². The van der Waals surface area contributed by atoms with Crippen molar-refractivity contribution >= 4 is 11.8 Å². The van der Waals surface area contributed by atoms with Crippen LogP contribution in [0.1, 0.15) is 18.1 Å². The lowest BCUT2D eigenvalue weighted by atomic mass is 10.1. The fourth-order valence-electron chi connectivity index (χ4n) is 2.14. The van der Waals surface area contributed by atoms with Gasteiger partial charge in [0.15, 0.2) is 5.82 Å². The molecule has 0 aliphatic carbocycles. The number of benzene rings is 1. The average molecular weight is 310 g/mol. The van der Waals surface area contributed by atoms with E-state index in [1.807, 2.05) is 12.3 Å². The molecule has 112 valence electrons. The summed E-state index contributed by atoms with van der Waals surface area (Å²) in [6.45, 7) is 2.15. The number of rotatable bonds is 6. The van der Waals surface area contributed by atoms with Crippen LogP contribution in [0.4, 0.5) is 0 Å². The maximum atomic E-state index is 4.55. The van der Waals surface area contributed by atoms with Crippen LogP contribution in [0.15, 0.2) is 53.9 Å². The molecule has 22 heavy (non-hydrogen) atoms. The van der Waals surface area contributed by atoms with Gasteiger partial charge < -0.3 is 0 Å². The van der Waals surface area contributed by atoms with Crippen LogP contribution in [0.25, 0.3) is 11.4 Å². The van der Waals surface area contributed by atoms with Gasteiger partial charge in [-0.05, 0) is 30.0 Å². The Kier molecular flexibility index (Phi) is 4.85. The van der Waals surface area contributed by atoms with Gasteiger partial charge in [-0.15, -0.1) is 5.10 Å². The predicted octanol–water partition coefficient (Wildman–Crippen LogP) is 3.76. The van der Waals surface area contributed by atoms with Crippen LogP contribution < -0.4 is 0 Å². The van der Waals surface area contributed by atoms with Crippen LogP contribution in [0, 0.1) is 0 Å². The highest BCUT2D eigenvalue weighted by Crippen LogP contribution is 2.20. The van der Waals surface area contributed by atoms with Gasteiger partial charge in [-0.3, -0.25) is 10.1 Å². The first-order chi connectivity index (χ1) is 10.8. The summed E-state index contributed by atoms with van der Waals surface area (Å²) in [7, 11) is 0. The van der Waals surface area contributed by atoms with E-state index in [-0.39, 0.29) is 0 Å². The maximum Gasteiger partial charge on any atom is 0.208 e. The Morgan fingerprint density at radius 2 is 1.95 bits per heavy atom. The van der Waals surface area contributed by atoms with E-state index in [9.17, 15) is 0 Å². The fraction of sp³-hybridized carbons (Fsp3) is 0.235. The van der Waals surface area contributed by atoms with Gasteiger partial charge in [-0.2, -0.15) is 0 Å². The molecule has 0 radical (unpaired) electrons. The predicted molar refractivity (Wildman–Crippen MR) is 89.9 cm³/mol. The normalized spacial score (nSPS) is 10.8. The van der Waals surface area contributed by atoms with E-state index in [2.05, 4.69) is 57.4 Å². The summed E-state index contributed by atoms with van der Waals surface area (Å²) in [5.74, 6) is 1.77. The standard InChI is InChI=1S/C17H18N4S/c1-2-13-5-7-15(8-6-13)16-19-17(21-20-16)22-11-9-14-4-3-10-18-12-14/h3-8,10,12H,2,9,11H2,1H3,(H,19,20,21). The monoisotopic (exact) mass is 310 g/mol. The summed E-state index contributed by atoms with van der Waals surface area (Å²) in [5, 5.41) is 8.08. The van der Waals surface area contributed by atoms with Gasteiger partial charge in [-0.1, -0.05) is 49.0 Å². The third-order valence-corrected chi connectivity index (χ3v) is 4.29. The summed E-state index contributed by atoms with van der Waals surface area (Å²) in [4.78, 5) is 8.67. The molecule has 0 aliphatic heterocycles. The zero-order chi connectivity index (χ0) is 15.2. The lowest BCUT2D eigenvalue weighted by Gasteiger charge is -1.99. The largest absolute Gasteiger partial charge is 0.264 e. The SMILES string of the molecule is CCc1ccc(-c2nc(SCCc3cccnc3)n[nH]2)cc1. The summed E-state index contributed by atoms with van der Waals surface area (Å²) in [6.07, 6.45) is 5.71. The van der Waals surface area contributed by atoms with Crippen LogP contribution in [0.3, 0.4) is 0 Å². The molecule has 5 heteroatoms. The van der Waals surface area contributed by atoms with E-state index in [1.165, 1.54) is 11.1 Å². The van der Waals surface area contributed by atoms with Gasteiger partial charge in [0.05, 0.1) is 0 Å². The summed E-state index contributed by atoms with van der Waals surface area (Å²) < 4.78 is 0. The van der Waals surface area contributed by atoms with E-state index in [4.69, 9.17) is 0 Å². The quantitative estimate of drug-likeness (QED) is 0.704. The van der Waals surface area contributed by atoms with Crippen LogP contribution in [-0.4, -0.2) is 25.9 Å². The van der Waals surface area contributed by atoms with Crippen molar-refractivity contribution in [2.75, 3.05) is 5.75 Å². The molecule has 3 rings (SSSR count). The molecule has 0 unspecified atom stereocenters. The molecule has 0 amide bonds. The Labute approximate surface area is 134 Å². The van der Waals surface area contributed by atoms with Crippen molar-refractivity contribution in [1.29, 1.82) is 0 Å². The second kappa shape index (κ2) is 7.22. The lowest BCUT2D eigenvalue weighted by Crippen LogP contribution is -1.89. The third kappa shape index (κ3) is 3.74. The van der Waals surface area contributed by atoms with Crippen LogP contribution >= 0.6 is 11.8 Å².